The van der Waals surface area contributed by atoms with Crippen molar-refractivity contribution in [1.82, 2.24) is 28.6 Å². The minimum atomic E-state index is -3.77. The predicted octanol–water partition coefficient (Wildman–Crippen LogP) is -0.764. The molecular weight excluding hydrogens is 400 g/mol. The van der Waals surface area contributed by atoms with E-state index in [0.29, 0.717) is 31.9 Å². The Morgan fingerprint density at radius 2 is 1.79 bits per heavy atom. The van der Waals surface area contributed by atoms with Gasteiger partial charge in [-0.05, 0) is 20.3 Å². The molecule has 2 saturated heterocycles. The molecule has 12 heteroatoms. The van der Waals surface area contributed by atoms with Crippen LogP contribution in [0.3, 0.4) is 0 Å². The molecule has 160 valence electrons. The van der Waals surface area contributed by atoms with Gasteiger partial charge in [-0.25, -0.2) is 18.2 Å². The van der Waals surface area contributed by atoms with Gasteiger partial charge < -0.3 is 14.4 Å². The van der Waals surface area contributed by atoms with Gasteiger partial charge >= 0.3 is 17.8 Å². The summed E-state index contributed by atoms with van der Waals surface area (Å²) in [6, 6.07) is -0.549. The molecule has 0 saturated carbocycles. The van der Waals surface area contributed by atoms with E-state index in [1.54, 1.807) is 25.5 Å². The van der Waals surface area contributed by atoms with Gasteiger partial charge in [-0.15, -0.1) is 0 Å². The molecule has 1 aromatic rings. The van der Waals surface area contributed by atoms with Gasteiger partial charge in [0.2, 0.25) is 0 Å². The number of piperazine rings is 1. The second kappa shape index (κ2) is 8.11. The summed E-state index contributed by atoms with van der Waals surface area (Å²) in [6.45, 7) is 5.15. The third kappa shape index (κ3) is 3.99. The van der Waals surface area contributed by atoms with Crippen LogP contribution in [0.25, 0.3) is 0 Å². The third-order valence-electron chi connectivity index (χ3n) is 5.34. The van der Waals surface area contributed by atoms with Crippen molar-refractivity contribution in [2.75, 3.05) is 45.8 Å². The summed E-state index contributed by atoms with van der Waals surface area (Å²) in [5.41, 5.74) is 0. The molecule has 29 heavy (non-hydrogen) atoms. The van der Waals surface area contributed by atoms with Gasteiger partial charge in [0.25, 0.3) is 10.0 Å². The summed E-state index contributed by atoms with van der Waals surface area (Å²) in [7, 11) is -2.05. The number of imidazole rings is 1. The topological polar surface area (TPSA) is 116 Å². The van der Waals surface area contributed by atoms with Crippen LogP contribution in [-0.4, -0.2) is 101 Å². The molecule has 2 fully saturated rings. The average molecular weight is 426 g/mol. The molecule has 3 heterocycles. The second-order valence-electron chi connectivity index (χ2n) is 7.11. The summed E-state index contributed by atoms with van der Waals surface area (Å²) in [5.74, 6) is -0.929. The largest absolute Gasteiger partial charge is 0.337 e. The number of carbonyl (C=O) groups excluding carboxylic acids is 3. The number of aromatic nitrogens is 2. The number of hydrogen-bond acceptors (Lipinski definition) is 6. The van der Waals surface area contributed by atoms with Crippen LogP contribution in [0.2, 0.25) is 0 Å². The van der Waals surface area contributed by atoms with Crippen molar-refractivity contribution >= 4 is 27.9 Å². The van der Waals surface area contributed by atoms with E-state index in [1.807, 2.05) is 0 Å². The molecule has 0 aliphatic carbocycles. The maximum atomic E-state index is 12.9. The monoisotopic (exact) mass is 426 g/mol. The molecule has 11 nitrogen and oxygen atoms in total. The lowest BCUT2D eigenvalue weighted by Crippen LogP contribution is -2.59. The van der Waals surface area contributed by atoms with Crippen LogP contribution in [0.15, 0.2) is 11.2 Å². The first-order chi connectivity index (χ1) is 13.7. The van der Waals surface area contributed by atoms with Crippen LogP contribution in [0.1, 0.15) is 19.2 Å². The van der Waals surface area contributed by atoms with Crippen molar-refractivity contribution < 1.29 is 22.8 Å². The number of aryl methyl sites for hydroxylation is 2. The zero-order chi connectivity index (χ0) is 21.3. The predicted molar refractivity (Wildman–Crippen MR) is 102 cm³/mol. The van der Waals surface area contributed by atoms with Gasteiger partial charge in [0.15, 0.2) is 5.03 Å². The maximum absolute atomic E-state index is 12.9. The van der Waals surface area contributed by atoms with Crippen molar-refractivity contribution in [3.05, 3.63) is 12.0 Å². The van der Waals surface area contributed by atoms with Crippen molar-refractivity contribution in [1.29, 1.82) is 0 Å². The fourth-order valence-corrected chi connectivity index (χ4v) is 4.93. The van der Waals surface area contributed by atoms with Crippen molar-refractivity contribution in [2.45, 2.75) is 25.3 Å². The van der Waals surface area contributed by atoms with Gasteiger partial charge in [0.1, 0.15) is 5.82 Å². The highest BCUT2D eigenvalue weighted by Gasteiger charge is 2.38. The number of imide groups is 1. The van der Waals surface area contributed by atoms with Crippen molar-refractivity contribution in [3.63, 3.8) is 0 Å². The van der Waals surface area contributed by atoms with Crippen LogP contribution in [0.5, 0.6) is 0 Å². The van der Waals surface area contributed by atoms with Gasteiger partial charge in [-0.1, -0.05) is 0 Å². The highest BCUT2D eigenvalue weighted by atomic mass is 32.2. The molecule has 3 rings (SSSR count). The third-order valence-corrected chi connectivity index (χ3v) is 7.11. The van der Waals surface area contributed by atoms with Gasteiger partial charge in [-0.3, -0.25) is 14.5 Å². The van der Waals surface area contributed by atoms with Crippen LogP contribution >= 0.6 is 0 Å². The summed E-state index contributed by atoms with van der Waals surface area (Å²) in [4.78, 5) is 45.0. The first-order valence-corrected chi connectivity index (χ1v) is 11.0. The van der Waals surface area contributed by atoms with Gasteiger partial charge in [-0.2, -0.15) is 4.31 Å². The van der Waals surface area contributed by atoms with E-state index in [9.17, 15) is 22.8 Å². The maximum Gasteiger partial charge on any atom is 0.327 e. The van der Waals surface area contributed by atoms with Crippen molar-refractivity contribution in [2.24, 2.45) is 7.05 Å². The number of sulfonamides is 1. The molecular formula is C17H26N6O5S. The van der Waals surface area contributed by atoms with E-state index < -0.39 is 27.9 Å². The minimum Gasteiger partial charge on any atom is -0.337 e. The molecule has 0 unspecified atom stereocenters. The van der Waals surface area contributed by atoms with E-state index in [1.165, 1.54) is 20.3 Å². The van der Waals surface area contributed by atoms with Gasteiger partial charge in [0, 0.05) is 59.1 Å². The quantitative estimate of drug-likeness (QED) is 0.587. The van der Waals surface area contributed by atoms with Crippen LogP contribution < -0.4 is 0 Å². The Kier molecular flexibility index (Phi) is 5.94. The Morgan fingerprint density at radius 3 is 2.41 bits per heavy atom. The molecule has 0 bridgehead atoms. The Morgan fingerprint density at radius 1 is 1.07 bits per heavy atom. The van der Waals surface area contributed by atoms with Crippen LogP contribution in [0, 0.1) is 6.92 Å². The second-order valence-corrected chi connectivity index (χ2v) is 8.99. The van der Waals surface area contributed by atoms with E-state index in [4.69, 9.17) is 0 Å². The zero-order valence-electron chi connectivity index (χ0n) is 16.9. The molecule has 0 atom stereocenters. The fourth-order valence-electron chi connectivity index (χ4n) is 3.44. The lowest BCUT2D eigenvalue weighted by atomic mass is 10.3. The number of urea groups is 1. The average Bonchev–Trinajstić information content (AvgIpc) is 2.89. The smallest absolute Gasteiger partial charge is 0.327 e. The first kappa shape index (κ1) is 21.2. The molecule has 0 radical (unpaired) electrons. The Balaban J connectivity index is 1.69. The lowest BCUT2D eigenvalue weighted by Gasteiger charge is -2.34. The van der Waals surface area contributed by atoms with E-state index in [0.717, 1.165) is 4.90 Å². The summed E-state index contributed by atoms with van der Waals surface area (Å²) in [6.07, 6.45) is 1.89. The normalized spacial score (nSPS) is 19.6. The summed E-state index contributed by atoms with van der Waals surface area (Å²) < 4.78 is 28.7. The number of carbonyl (C=O) groups is 3. The SMILES string of the molecule is CCN1CCN(C(=O)N2CCCN(S(=O)(=O)c3cn(C)c(C)n3)CC2)C(=O)C1=O. The van der Waals surface area contributed by atoms with E-state index in [2.05, 4.69) is 4.98 Å². The number of likely N-dealkylation sites (N-methyl/N-ethyl adjacent to an activating group) is 1. The highest BCUT2D eigenvalue weighted by molar-refractivity contribution is 7.89. The molecule has 0 aromatic carbocycles. The summed E-state index contributed by atoms with van der Waals surface area (Å²) in [5, 5.41) is -0.0197. The van der Waals surface area contributed by atoms with Crippen molar-refractivity contribution in [3.8, 4) is 0 Å². The minimum absolute atomic E-state index is 0.0197. The molecule has 0 spiro atoms. The van der Waals surface area contributed by atoms with E-state index in [-0.39, 0.29) is 31.2 Å². The molecule has 2 aliphatic heterocycles. The highest BCUT2D eigenvalue weighted by Crippen LogP contribution is 2.18. The Labute approximate surface area is 169 Å². The fraction of sp³-hybridized carbons (Fsp3) is 0.647. The van der Waals surface area contributed by atoms with Crippen LogP contribution in [-0.2, 0) is 26.7 Å². The Bertz CT molecular complexity index is 907. The molecule has 4 amide bonds. The zero-order valence-corrected chi connectivity index (χ0v) is 17.7. The number of rotatable bonds is 3. The lowest BCUT2D eigenvalue weighted by molar-refractivity contribution is -0.153. The van der Waals surface area contributed by atoms with Gasteiger partial charge in [0.05, 0.1) is 0 Å². The number of hydrogen-bond donors (Lipinski definition) is 0. The molecule has 1 aromatic heterocycles. The van der Waals surface area contributed by atoms with Crippen LogP contribution in [0.4, 0.5) is 4.79 Å². The first-order valence-electron chi connectivity index (χ1n) is 9.56. The van der Waals surface area contributed by atoms with E-state index >= 15 is 0 Å². The Hall–Kier alpha value is -2.47. The summed E-state index contributed by atoms with van der Waals surface area (Å²) >= 11 is 0. The molecule has 2 aliphatic rings. The standard InChI is InChI=1S/C17H26N6O5S/c1-4-20-9-11-23(16(25)15(20)24)17(26)21-6-5-7-22(10-8-21)29(27,28)14-12-19(3)13(2)18-14/h12H,4-11H2,1-3H3. The number of nitrogens with zero attached hydrogens (tertiary/aromatic N) is 6. The molecule has 0 N–H and O–H groups in total. The number of amides is 4.